The molecule has 2 N–H and O–H groups in total. The van der Waals surface area contributed by atoms with Crippen molar-refractivity contribution in [3.05, 3.63) is 34.9 Å². The summed E-state index contributed by atoms with van der Waals surface area (Å²) in [5.74, 6) is 0.0353. The molecule has 0 aromatic heterocycles. The predicted molar refractivity (Wildman–Crippen MR) is 81.0 cm³/mol. The average molecular weight is 289 g/mol. The van der Waals surface area contributed by atoms with E-state index in [2.05, 4.69) is 10.2 Å². The van der Waals surface area contributed by atoms with Crippen molar-refractivity contribution in [3.63, 3.8) is 0 Å². The highest BCUT2D eigenvalue weighted by molar-refractivity contribution is 5.95. The molecule has 0 saturated carbocycles. The predicted octanol–water partition coefficient (Wildman–Crippen LogP) is 0.427. The highest BCUT2D eigenvalue weighted by Crippen LogP contribution is 2.23. The second kappa shape index (κ2) is 5.75. The van der Waals surface area contributed by atoms with Crippen LogP contribution in [0.5, 0.6) is 0 Å². The second-order valence-corrected chi connectivity index (χ2v) is 6.35. The summed E-state index contributed by atoms with van der Waals surface area (Å²) in [6, 6.07) is 6.03. The summed E-state index contributed by atoms with van der Waals surface area (Å²) in [5, 5.41) is 13.2. The van der Waals surface area contributed by atoms with E-state index in [0.717, 1.165) is 25.2 Å². The summed E-state index contributed by atoms with van der Waals surface area (Å²) in [6.07, 6.45) is 0.256. The molecule has 2 unspecified atom stereocenters. The Bertz CT molecular complexity index is 544. The number of carbonyl (C=O) groups is 1. The van der Waals surface area contributed by atoms with Gasteiger partial charge < -0.3 is 20.2 Å². The minimum Gasteiger partial charge on any atom is -0.391 e. The first-order valence-electron chi connectivity index (χ1n) is 7.51. The van der Waals surface area contributed by atoms with Crippen molar-refractivity contribution in [2.24, 2.45) is 0 Å². The van der Waals surface area contributed by atoms with E-state index in [-0.39, 0.29) is 11.9 Å². The molecular weight excluding hydrogens is 266 g/mol. The fraction of sp³-hybridized carbons (Fsp3) is 0.562. The fourth-order valence-electron chi connectivity index (χ4n) is 3.33. The van der Waals surface area contributed by atoms with Gasteiger partial charge in [0.05, 0.1) is 6.10 Å². The van der Waals surface area contributed by atoms with Gasteiger partial charge in [0.1, 0.15) is 0 Å². The Morgan fingerprint density at radius 1 is 1.38 bits per heavy atom. The Labute approximate surface area is 125 Å². The Kier molecular flexibility index (Phi) is 3.97. The number of carbonyl (C=O) groups excluding carboxylic acids is 1. The number of aliphatic hydroxyl groups is 1. The van der Waals surface area contributed by atoms with Gasteiger partial charge in [0.2, 0.25) is 0 Å². The molecule has 1 aromatic carbocycles. The number of likely N-dealkylation sites (N-methyl/N-ethyl adjacent to an activating group) is 1. The van der Waals surface area contributed by atoms with E-state index in [1.807, 2.05) is 37.2 Å². The molecule has 2 heterocycles. The summed E-state index contributed by atoms with van der Waals surface area (Å²) in [5.41, 5.74) is 3.22. The molecule has 2 aliphatic heterocycles. The highest BCUT2D eigenvalue weighted by Gasteiger charge is 2.35. The lowest BCUT2D eigenvalue weighted by molar-refractivity contribution is 0.0699. The van der Waals surface area contributed by atoms with Crippen molar-refractivity contribution in [1.82, 2.24) is 15.1 Å². The van der Waals surface area contributed by atoms with Gasteiger partial charge in [0.15, 0.2) is 0 Å². The Morgan fingerprint density at radius 2 is 2.14 bits per heavy atom. The van der Waals surface area contributed by atoms with Crippen LogP contribution >= 0.6 is 0 Å². The zero-order valence-electron chi connectivity index (χ0n) is 12.7. The number of hydrogen-bond donors (Lipinski definition) is 2. The maximum Gasteiger partial charge on any atom is 0.254 e. The topological polar surface area (TPSA) is 55.8 Å². The summed E-state index contributed by atoms with van der Waals surface area (Å²) in [7, 11) is 3.99. The highest BCUT2D eigenvalue weighted by atomic mass is 16.3. The van der Waals surface area contributed by atoms with E-state index in [9.17, 15) is 9.90 Å². The van der Waals surface area contributed by atoms with E-state index >= 15 is 0 Å². The quantitative estimate of drug-likeness (QED) is 0.847. The summed E-state index contributed by atoms with van der Waals surface area (Å²) >= 11 is 0. The molecule has 2 atom stereocenters. The number of rotatable bonds is 3. The monoisotopic (exact) mass is 289 g/mol. The van der Waals surface area contributed by atoms with Gasteiger partial charge in [-0.2, -0.15) is 0 Å². The van der Waals surface area contributed by atoms with Gasteiger partial charge in [0.25, 0.3) is 5.91 Å². The average Bonchev–Trinajstić information content (AvgIpc) is 3.02. The first-order chi connectivity index (χ1) is 10.0. The number of benzene rings is 1. The van der Waals surface area contributed by atoms with E-state index in [1.54, 1.807) is 0 Å². The van der Waals surface area contributed by atoms with E-state index in [1.165, 1.54) is 11.1 Å². The smallest absolute Gasteiger partial charge is 0.254 e. The number of amides is 1. The molecule has 21 heavy (non-hydrogen) atoms. The fourth-order valence-corrected chi connectivity index (χ4v) is 3.33. The molecule has 5 heteroatoms. The molecule has 5 nitrogen and oxygen atoms in total. The third-order valence-corrected chi connectivity index (χ3v) is 4.31. The summed E-state index contributed by atoms with van der Waals surface area (Å²) in [4.78, 5) is 16.7. The number of aliphatic hydroxyl groups excluding tert-OH is 1. The van der Waals surface area contributed by atoms with Gasteiger partial charge in [-0.05, 0) is 43.8 Å². The van der Waals surface area contributed by atoms with Crippen LogP contribution in [0.15, 0.2) is 18.2 Å². The maximum atomic E-state index is 12.8. The Balaban J connectivity index is 1.80. The van der Waals surface area contributed by atoms with Crippen molar-refractivity contribution < 1.29 is 9.90 Å². The van der Waals surface area contributed by atoms with Gasteiger partial charge >= 0.3 is 0 Å². The summed E-state index contributed by atoms with van der Waals surface area (Å²) < 4.78 is 0. The minimum atomic E-state index is -0.407. The van der Waals surface area contributed by atoms with Crippen LogP contribution in [-0.2, 0) is 13.1 Å². The molecular formula is C16H23N3O2. The molecule has 1 fully saturated rings. The van der Waals surface area contributed by atoms with Gasteiger partial charge in [-0.3, -0.25) is 4.79 Å². The first-order valence-corrected chi connectivity index (χ1v) is 7.51. The lowest BCUT2D eigenvalue weighted by Crippen LogP contribution is -2.41. The first kappa shape index (κ1) is 14.5. The van der Waals surface area contributed by atoms with E-state index < -0.39 is 6.10 Å². The van der Waals surface area contributed by atoms with Gasteiger partial charge in [0, 0.05) is 37.8 Å². The molecule has 0 spiro atoms. The molecule has 1 amide bonds. The Morgan fingerprint density at radius 3 is 2.90 bits per heavy atom. The van der Waals surface area contributed by atoms with Crippen LogP contribution in [0.4, 0.5) is 0 Å². The molecule has 0 radical (unpaired) electrons. The molecule has 2 aliphatic rings. The van der Waals surface area contributed by atoms with Gasteiger partial charge in [-0.15, -0.1) is 0 Å². The third-order valence-electron chi connectivity index (χ3n) is 4.31. The van der Waals surface area contributed by atoms with Crippen LogP contribution in [0, 0.1) is 0 Å². The van der Waals surface area contributed by atoms with Crippen molar-refractivity contribution in [2.45, 2.75) is 31.7 Å². The summed E-state index contributed by atoms with van der Waals surface area (Å²) in [6.45, 7) is 2.94. The molecule has 3 rings (SSSR count). The van der Waals surface area contributed by atoms with Gasteiger partial charge in [-0.1, -0.05) is 6.07 Å². The lowest BCUT2D eigenvalue weighted by atomic mass is 10.1. The van der Waals surface area contributed by atoms with Crippen LogP contribution in [-0.4, -0.2) is 60.1 Å². The molecule has 114 valence electrons. The standard InChI is InChI=1S/C16H23N3O2/c1-18(2)9-14-6-15(20)10-19(14)16(21)11-3-4-12-7-17-8-13(12)5-11/h3-5,14-15,17,20H,6-10H2,1-2H3. The van der Waals surface area contributed by atoms with Crippen molar-refractivity contribution in [1.29, 1.82) is 0 Å². The van der Waals surface area contributed by atoms with Crippen LogP contribution in [0.1, 0.15) is 27.9 Å². The van der Waals surface area contributed by atoms with Crippen molar-refractivity contribution in [3.8, 4) is 0 Å². The second-order valence-electron chi connectivity index (χ2n) is 6.35. The van der Waals surface area contributed by atoms with Crippen molar-refractivity contribution >= 4 is 5.91 Å². The van der Waals surface area contributed by atoms with Crippen LogP contribution in [0.3, 0.4) is 0 Å². The van der Waals surface area contributed by atoms with Crippen LogP contribution in [0.25, 0.3) is 0 Å². The largest absolute Gasteiger partial charge is 0.391 e. The van der Waals surface area contributed by atoms with E-state index in [4.69, 9.17) is 0 Å². The van der Waals surface area contributed by atoms with Crippen molar-refractivity contribution in [2.75, 3.05) is 27.2 Å². The number of likely N-dealkylation sites (tertiary alicyclic amines) is 1. The zero-order chi connectivity index (χ0) is 15.0. The maximum absolute atomic E-state index is 12.8. The number of fused-ring (bicyclic) bond motifs is 1. The molecule has 1 aromatic rings. The number of hydrogen-bond acceptors (Lipinski definition) is 4. The number of nitrogens with one attached hydrogen (secondary N) is 1. The minimum absolute atomic E-state index is 0.0353. The van der Waals surface area contributed by atoms with Gasteiger partial charge in [-0.25, -0.2) is 0 Å². The van der Waals surface area contributed by atoms with E-state index in [0.29, 0.717) is 13.0 Å². The number of β-amino-alcohol motifs (C(OH)–C–C–N with tert-alkyl or cyclic N) is 1. The molecule has 0 aliphatic carbocycles. The van der Waals surface area contributed by atoms with Crippen LogP contribution in [0.2, 0.25) is 0 Å². The SMILES string of the molecule is CN(C)CC1CC(O)CN1C(=O)c1ccc2c(c1)CNC2. The number of nitrogens with zero attached hydrogens (tertiary/aromatic N) is 2. The lowest BCUT2D eigenvalue weighted by Gasteiger charge is -2.27. The molecule has 0 bridgehead atoms. The zero-order valence-corrected chi connectivity index (χ0v) is 12.7. The van der Waals surface area contributed by atoms with Crippen LogP contribution < -0.4 is 5.32 Å². The Hall–Kier alpha value is -1.43. The third kappa shape index (κ3) is 2.95. The normalized spacial score (nSPS) is 24.7. The molecule has 1 saturated heterocycles.